The van der Waals surface area contributed by atoms with Gasteiger partial charge in [-0.15, -0.1) is 0 Å². The summed E-state index contributed by atoms with van der Waals surface area (Å²) in [6.45, 7) is 4.14. The Kier molecular flexibility index (Phi) is 4.37. The molecule has 0 unspecified atom stereocenters. The number of aromatic nitrogens is 2. The van der Waals surface area contributed by atoms with Gasteiger partial charge >= 0.3 is 0 Å². The highest BCUT2D eigenvalue weighted by molar-refractivity contribution is 6.29. The van der Waals surface area contributed by atoms with Gasteiger partial charge in [0.2, 0.25) is 0 Å². The van der Waals surface area contributed by atoms with E-state index in [4.69, 9.17) is 11.6 Å². The molecule has 0 aliphatic rings. The first kappa shape index (κ1) is 15.2. The van der Waals surface area contributed by atoms with Gasteiger partial charge in [-0.3, -0.25) is 19.5 Å². The van der Waals surface area contributed by atoms with Gasteiger partial charge in [0, 0.05) is 24.1 Å². The minimum atomic E-state index is -0.459. The van der Waals surface area contributed by atoms with Crippen molar-refractivity contribution in [1.29, 1.82) is 0 Å². The second-order valence-corrected chi connectivity index (χ2v) is 5.33. The normalized spacial score (nSPS) is 10.9. The van der Waals surface area contributed by atoms with Gasteiger partial charge in [0.15, 0.2) is 0 Å². The van der Waals surface area contributed by atoms with Crippen LogP contribution in [0.5, 0.6) is 0 Å². The van der Waals surface area contributed by atoms with Crippen LogP contribution in [0.25, 0.3) is 0 Å². The number of nitrogens with zero attached hydrogens (tertiary/aromatic N) is 3. The number of hydrogen-bond donors (Lipinski definition) is 0. The Morgan fingerprint density at radius 3 is 2.48 bits per heavy atom. The first-order valence-electron chi connectivity index (χ1n) is 6.39. The maximum absolute atomic E-state index is 12.1. The summed E-state index contributed by atoms with van der Waals surface area (Å²) >= 11 is 5.83. The molecule has 0 aliphatic carbocycles. The summed E-state index contributed by atoms with van der Waals surface area (Å²) in [5.74, 6) is 0.625. The number of halogens is 1. The number of nitro groups is 1. The first-order chi connectivity index (χ1) is 9.88. The fourth-order valence-electron chi connectivity index (χ4n) is 2.00. The molecule has 0 spiro atoms. The standard InChI is InChI=1S/C14H14ClN3O3/c1-9(2)14-16-12(15)7-13(19)17(14)8-10-3-5-11(6-4-10)18(20)21/h3-7,9H,8H2,1-2H3. The van der Waals surface area contributed by atoms with E-state index in [9.17, 15) is 14.9 Å². The Morgan fingerprint density at radius 2 is 1.95 bits per heavy atom. The van der Waals surface area contributed by atoms with Gasteiger partial charge in [0.05, 0.1) is 11.5 Å². The molecule has 0 radical (unpaired) electrons. The van der Waals surface area contributed by atoms with E-state index in [-0.39, 0.29) is 22.3 Å². The molecule has 2 aromatic rings. The van der Waals surface area contributed by atoms with Crippen LogP contribution in [0.4, 0.5) is 5.69 Å². The highest BCUT2D eigenvalue weighted by atomic mass is 35.5. The van der Waals surface area contributed by atoms with Gasteiger partial charge in [0.25, 0.3) is 11.2 Å². The van der Waals surface area contributed by atoms with E-state index in [1.54, 1.807) is 12.1 Å². The SMILES string of the molecule is CC(C)c1nc(Cl)cc(=O)n1Cc1ccc([N+](=O)[O-])cc1. The third kappa shape index (κ3) is 3.46. The average molecular weight is 308 g/mol. The molecular formula is C14H14ClN3O3. The molecule has 0 amide bonds. The molecule has 0 fully saturated rings. The number of nitro benzene ring substituents is 1. The molecule has 0 bridgehead atoms. The second-order valence-electron chi connectivity index (χ2n) is 4.94. The molecule has 1 heterocycles. The molecule has 0 saturated carbocycles. The van der Waals surface area contributed by atoms with E-state index >= 15 is 0 Å². The van der Waals surface area contributed by atoms with Crippen molar-refractivity contribution in [2.24, 2.45) is 0 Å². The van der Waals surface area contributed by atoms with Crippen molar-refractivity contribution in [2.45, 2.75) is 26.3 Å². The molecule has 0 saturated heterocycles. The van der Waals surface area contributed by atoms with E-state index in [1.807, 2.05) is 13.8 Å². The van der Waals surface area contributed by atoms with Crippen molar-refractivity contribution in [3.8, 4) is 0 Å². The van der Waals surface area contributed by atoms with Gasteiger partial charge in [-0.05, 0) is 5.56 Å². The molecule has 0 N–H and O–H groups in total. The molecule has 7 heteroatoms. The van der Waals surface area contributed by atoms with E-state index in [0.29, 0.717) is 12.4 Å². The summed E-state index contributed by atoms with van der Waals surface area (Å²) in [6.07, 6.45) is 0. The van der Waals surface area contributed by atoms with E-state index in [1.165, 1.54) is 22.8 Å². The molecule has 1 aromatic heterocycles. The summed E-state index contributed by atoms with van der Waals surface area (Å²) in [7, 11) is 0. The zero-order valence-corrected chi connectivity index (χ0v) is 12.4. The van der Waals surface area contributed by atoms with Crippen LogP contribution in [-0.2, 0) is 6.54 Å². The van der Waals surface area contributed by atoms with Crippen LogP contribution in [0.15, 0.2) is 35.1 Å². The van der Waals surface area contributed by atoms with Crippen LogP contribution < -0.4 is 5.56 Å². The molecule has 6 nitrogen and oxygen atoms in total. The number of non-ortho nitro benzene ring substituents is 1. The van der Waals surface area contributed by atoms with Crippen LogP contribution in [0.1, 0.15) is 31.2 Å². The van der Waals surface area contributed by atoms with Crippen LogP contribution >= 0.6 is 11.6 Å². The molecule has 0 aliphatic heterocycles. The predicted octanol–water partition coefficient (Wildman–Crippen LogP) is 2.98. The van der Waals surface area contributed by atoms with Gasteiger partial charge < -0.3 is 0 Å². The molecule has 2 rings (SSSR count). The Labute approximate surface area is 126 Å². The maximum Gasteiger partial charge on any atom is 0.269 e. The fraction of sp³-hybridized carbons (Fsp3) is 0.286. The second kappa shape index (κ2) is 6.05. The smallest absolute Gasteiger partial charge is 0.269 e. The van der Waals surface area contributed by atoms with Crippen molar-refractivity contribution in [2.75, 3.05) is 0 Å². The Hall–Kier alpha value is -2.21. The molecule has 0 atom stereocenters. The van der Waals surface area contributed by atoms with Gasteiger partial charge in [0.1, 0.15) is 11.0 Å². The summed E-state index contributed by atoms with van der Waals surface area (Å²) in [5, 5.41) is 10.8. The van der Waals surface area contributed by atoms with Crippen molar-refractivity contribution in [3.05, 3.63) is 67.3 Å². The van der Waals surface area contributed by atoms with Crippen molar-refractivity contribution in [1.82, 2.24) is 9.55 Å². The third-order valence-electron chi connectivity index (χ3n) is 3.01. The summed E-state index contributed by atoms with van der Waals surface area (Å²) < 4.78 is 1.53. The zero-order valence-electron chi connectivity index (χ0n) is 11.6. The summed E-state index contributed by atoms with van der Waals surface area (Å²) in [5.41, 5.74) is 0.565. The van der Waals surface area contributed by atoms with E-state index in [2.05, 4.69) is 4.98 Å². The minimum absolute atomic E-state index is 0.0180. The monoisotopic (exact) mass is 307 g/mol. The summed E-state index contributed by atoms with van der Waals surface area (Å²) in [6, 6.07) is 7.35. The number of benzene rings is 1. The lowest BCUT2D eigenvalue weighted by atomic mass is 10.1. The molecular weight excluding hydrogens is 294 g/mol. The van der Waals surface area contributed by atoms with Crippen LogP contribution in [0.3, 0.4) is 0 Å². The number of hydrogen-bond acceptors (Lipinski definition) is 4. The fourth-order valence-corrected chi connectivity index (χ4v) is 2.18. The Morgan fingerprint density at radius 1 is 1.33 bits per heavy atom. The largest absolute Gasteiger partial charge is 0.292 e. The van der Waals surface area contributed by atoms with E-state index in [0.717, 1.165) is 5.56 Å². The average Bonchev–Trinajstić information content (AvgIpc) is 2.41. The van der Waals surface area contributed by atoms with Crippen LogP contribution in [0.2, 0.25) is 5.15 Å². The van der Waals surface area contributed by atoms with E-state index < -0.39 is 4.92 Å². The van der Waals surface area contributed by atoms with Gasteiger partial charge in [-0.1, -0.05) is 37.6 Å². The highest BCUT2D eigenvalue weighted by Crippen LogP contribution is 2.16. The number of rotatable bonds is 4. The highest BCUT2D eigenvalue weighted by Gasteiger charge is 2.12. The van der Waals surface area contributed by atoms with Gasteiger partial charge in [-0.25, -0.2) is 4.98 Å². The molecule has 21 heavy (non-hydrogen) atoms. The van der Waals surface area contributed by atoms with Crippen molar-refractivity contribution < 1.29 is 4.92 Å². The quantitative estimate of drug-likeness (QED) is 0.494. The van der Waals surface area contributed by atoms with Gasteiger partial charge in [-0.2, -0.15) is 0 Å². The van der Waals surface area contributed by atoms with Crippen LogP contribution in [0, 0.1) is 10.1 Å². The maximum atomic E-state index is 12.1. The Bertz CT molecular complexity index is 723. The van der Waals surface area contributed by atoms with Crippen LogP contribution in [-0.4, -0.2) is 14.5 Å². The lowest BCUT2D eigenvalue weighted by Crippen LogP contribution is -2.25. The lowest BCUT2D eigenvalue weighted by molar-refractivity contribution is -0.384. The lowest BCUT2D eigenvalue weighted by Gasteiger charge is -2.14. The predicted molar refractivity (Wildman–Crippen MR) is 79.8 cm³/mol. The molecule has 110 valence electrons. The zero-order chi connectivity index (χ0) is 15.6. The molecule has 1 aromatic carbocycles. The van der Waals surface area contributed by atoms with Crippen molar-refractivity contribution >= 4 is 17.3 Å². The van der Waals surface area contributed by atoms with Crippen molar-refractivity contribution in [3.63, 3.8) is 0 Å². The Balaban J connectivity index is 2.39. The summed E-state index contributed by atoms with van der Waals surface area (Å²) in [4.78, 5) is 26.4. The third-order valence-corrected chi connectivity index (χ3v) is 3.20. The minimum Gasteiger partial charge on any atom is -0.292 e. The topological polar surface area (TPSA) is 78.0 Å². The first-order valence-corrected chi connectivity index (χ1v) is 6.77.